The molecule has 4 nitrogen and oxygen atoms in total. The maximum Gasteiger partial charge on any atom is 0.214 e. The molecule has 1 unspecified atom stereocenters. The molecule has 1 aliphatic carbocycles. The highest BCUT2D eigenvalue weighted by Gasteiger charge is 2.33. The average molecular weight is 277 g/mol. The topological polar surface area (TPSA) is 66.4 Å². The van der Waals surface area contributed by atoms with Gasteiger partial charge in [-0.1, -0.05) is 40.0 Å². The van der Waals surface area contributed by atoms with Gasteiger partial charge in [-0.15, -0.1) is 0 Å². The Balaban J connectivity index is 2.72. The van der Waals surface area contributed by atoms with Crippen LogP contribution >= 0.6 is 0 Å². The summed E-state index contributed by atoms with van der Waals surface area (Å²) in [6, 6.07) is -0.200. The minimum atomic E-state index is -3.25. The molecule has 0 radical (unpaired) electrons. The lowest BCUT2D eigenvalue weighted by Gasteiger charge is -2.33. The number of hydrogen-bond acceptors (Lipinski definition) is 3. The highest BCUT2D eigenvalue weighted by molar-refractivity contribution is 7.90. The van der Waals surface area contributed by atoms with Crippen LogP contribution in [0.5, 0.6) is 0 Å². The molecule has 1 fully saturated rings. The van der Waals surface area contributed by atoms with Gasteiger partial charge in [0.05, 0.1) is 5.25 Å². The molecule has 0 saturated heterocycles. The Labute approximate surface area is 111 Å². The molecular formula is C13H27NO3S. The molecule has 18 heavy (non-hydrogen) atoms. The number of nitrogens with one attached hydrogen (secondary N) is 1. The van der Waals surface area contributed by atoms with Crippen LogP contribution in [0.1, 0.15) is 59.3 Å². The van der Waals surface area contributed by atoms with Crippen molar-refractivity contribution in [2.45, 2.75) is 70.6 Å². The first-order valence-electron chi connectivity index (χ1n) is 6.89. The molecule has 5 heteroatoms. The van der Waals surface area contributed by atoms with Crippen molar-refractivity contribution in [1.82, 2.24) is 4.72 Å². The summed E-state index contributed by atoms with van der Waals surface area (Å²) in [5.74, 6) is 0. The average Bonchev–Trinajstić information content (AvgIpc) is 2.28. The first kappa shape index (κ1) is 15.9. The van der Waals surface area contributed by atoms with E-state index in [1.807, 2.05) is 20.8 Å². The van der Waals surface area contributed by atoms with Crippen LogP contribution in [-0.2, 0) is 10.0 Å². The Morgan fingerprint density at radius 1 is 1.22 bits per heavy atom. The molecule has 0 bridgehead atoms. The van der Waals surface area contributed by atoms with E-state index >= 15 is 0 Å². The van der Waals surface area contributed by atoms with Crippen molar-refractivity contribution in [3.63, 3.8) is 0 Å². The lowest BCUT2D eigenvalue weighted by molar-refractivity contribution is 0.214. The predicted octanol–water partition coefficient (Wildman–Crippen LogP) is 2.04. The van der Waals surface area contributed by atoms with Crippen LogP contribution in [0.2, 0.25) is 0 Å². The second-order valence-electron chi connectivity index (χ2n) is 6.35. The van der Waals surface area contributed by atoms with E-state index in [0.717, 1.165) is 32.1 Å². The van der Waals surface area contributed by atoms with E-state index in [2.05, 4.69) is 4.72 Å². The van der Waals surface area contributed by atoms with Gasteiger partial charge in [0.2, 0.25) is 10.0 Å². The fourth-order valence-electron chi connectivity index (χ4n) is 2.47. The molecule has 0 amide bonds. The Morgan fingerprint density at radius 2 is 1.78 bits per heavy atom. The third-order valence-electron chi connectivity index (χ3n) is 3.76. The maximum absolute atomic E-state index is 12.3. The molecule has 1 aliphatic rings. The van der Waals surface area contributed by atoms with E-state index in [0.29, 0.717) is 6.42 Å². The van der Waals surface area contributed by atoms with Gasteiger partial charge in [-0.3, -0.25) is 0 Å². The largest absolute Gasteiger partial charge is 0.396 e. The molecule has 0 aromatic rings. The monoisotopic (exact) mass is 277 g/mol. The third-order valence-corrected chi connectivity index (χ3v) is 5.72. The summed E-state index contributed by atoms with van der Waals surface area (Å²) in [7, 11) is -3.25. The Hall–Kier alpha value is -0.130. The lowest BCUT2D eigenvalue weighted by Crippen LogP contribution is -2.48. The van der Waals surface area contributed by atoms with Crippen molar-refractivity contribution >= 4 is 10.0 Å². The van der Waals surface area contributed by atoms with Gasteiger partial charge in [-0.25, -0.2) is 13.1 Å². The Kier molecular flexibility index (Phi) is 5.62. The molecule has 0 aromatic heterocycles. The van der Waals surface area contributed by atoms with Gasteiger partial charge < -0.3 is 5.11 Å². The van der Waals surface area contributed by atoms with E-state index in [4.69, 9.17) is 5.11 Å². The van der Waals surface area contributed by atoms with Gasteiger partial charge >= 0.3 is 0 Å². The maximum atomic E-state index is 12.3. The summed E-state index contributed by atoms with van der Waals surface area (Å²) in [6.07, 6.45) is 5.16. The first-order valence-corrected chi connectivity index (χ1v) is 8.44. The fraction of sp³-hybridized carbons (Fsp3) is 1.00. The van der Waals surface area contributed by atoms with Crippen LogP contribution in [0, 0.1) is 5.41 Å². The van der Waals surface area contributed by atoms with Crippen LogP contribution in [-0.4, -0.2) is 31.4 Å². The van der Waals surface area contributed by atoms with Crippen LogP contribution in [0.3, 0.4) is 0 Å². The van der Waals surface area contributed by atoms with Gasteiger partial charge in [-0.05, 0) is 24.7 Å². The summed E-state index contributed by atoms with van der Waals surface area (Å²) >= 11 is 0. The van der Waals surface area contributed by atoms with Gasteiger partial charge in [0.1, 0.15) is 0 Å². The van der Waals surface area contributed by atoms with Gasteiger partial charge in [0, 0.05) is 12.6 Å². The van der Waals surface area contributed by atoms with E-state index in [1.54, 1.807) is 0 Å². The fourth-order valence-corrected chi connectivity index (χ4v) is 4.48. The van der Waals surface area contributed by atoms with Crippen LogP contribution in [0.25, 0.3) is 0 Å². The summed E-state index contributed by atoms with van der Waals surface area (Å²) in [6.45, 7) is 6.00. The molecular weight excluding hydrogens is 250 g/mol. The summed E-state index contributed by atoms with van der Waals surface area (Å²) in [5.41, 5.74) is -0.176. The van der Waals surface area contributed by atoms with E-state index in [9.17, 15) is 8.42 Å². The smallest absolute Gasteiger partial charge is 0.214 e. The molecule has 0 aliphatic heterocycles. The molecule has 1 atom stereocenters. The summed E-state index contributed by atoms with van der Waals surface area (Å²) < 4.78 is 27.5. The van der Waals surface area contributed by atoms with Crippen molar-refractivity contribution < 1.29 is 13.5 Å². The zero-order valence-corrected chi connectivity index (χ0v) is 12.6. The third kappa shape index (κ3) is 4.52. The number of sulfonamides is 1. The van der Waals surface area contributed by atoms with E-state index in [-0.39, 0.29) is 23.3 Å². The van der Waals surface area contributed by atoms with Crippen molar-refractivity contribution in [3.8, 4) is 0 Å². The minimum absolute atomic E-state index is 0.00905. The molecule has 0 heterocycles. The zero-order chi connectivity index (χ0) is 13.8. The predicted molar refractivity (Wildman–Crippen MR) is 73.9 cm³/mol. The van der Waals surface area contributed by atoms with Crippen molar-refractivity contribution in [3.05, 3.63) is 0 Å². The van der Waals surface area contributed by atoms with Crippen LogP contribution in [0.4, 0.5) is 0 Å². The minimum Gasteiger partial charge on any atom is -0.396 e. The molecule has 2 N–H and O–H groups in total. The number of aliphatic hydroxyl groups is 1. The van der Waals surface area contributed by atoms with Crippen LogP contribution < -0.4 is 4.72 Å². The molecule has 1 rings (SSSR count). The number of hydrogen-bond donors (Lipinski definition) is 2. The Bertz CT molecular complexity index is 340. The summed E-state index contributed by atoms with van der Waals surface area (Å²) in [4.78, 5) is 0. The summed E-state index contributed by atoms with van der Waals surface area (Å²) in [5, 5.41) is 8.83. The normalized spacial score (nSPS) is 20.9. The quantitative estimate of drug-likeness (QED) is 0.808. The van der Waals surface area contributed by atoms with Crippen molar-refractivity contribution in [1.29, 1.82) is 0 Å². The van der Waals surface area contributed by atoms with Gasteiger partial charge in [-0.2, -0.15) is 0 Å². The Morgan fingerprint density at radius 3 is 2.22 bits per heavy atom. The SMILES string of the molecule is CC(C)(C)C(CCO)NS(=O)(=O)C1CCCCC1. The lowest BCUT2D eigenvalue weighted by atomic mass is 9.86. The first-order chi connectivity index (χ1) is 8.27. The van der Waals surface area contributed by atoms with Crippen molar-refractivity contribution in [2.24, 2.45) is 5.41 Å². The highest BCUT2D eigenvalue weighted by atomic mass is 32.2. The molecule has 0 aromatic carbocycles. The second kappa shape index (κ2) is 6.35. The van der Waals surface area contributed by atoms with Gasteiger partial charge in [0.15, 0.2) is 0 Å². The standard InChI is InChI=1S/C13H27NO3S/c1-13(2,3)12(9-10-15)14-18(16,17)11-7-5-4-6-8-11/h11-12,14-15H,4-10H2,1-3H3. The molecule has 0 spiro atoms. The van der Waals surface area contributed by atoms with E-state index < -0.39 is 10.0 Å². The van der Waals surface area contributed by atoms with Gasteiger partial charge in [0.25, 0.3) is 0 Å². The molecule has 108 valence electrons. The number of aliphatic hydroxyl groups excluding tert-OH is 1. The zero-order valence-electron chi connectivity index (χ0n) is 11.8. The number of rotatable bonds is 5. The second-order valence-corrected chi connectivity index (χ2v) is 8.35. The van der Waals surface area contributed by atoms with Crippen LogP contribution in [0.15, 0.2) is 0 Å². The molecule has 1 saturated carbocycles. The van der Waals surface area contributed by atoms with E-state index in [1.165, 1.54) is 0 Å². The highest BCUT2D eigenvalue weighted by Crippen LogP contribution is 2.27. The van der Waals surface area contributed by atoms with Crippen molar-refractivity contribution in [2.75, 3.05) is 6.61 Å².